The number of rotatable bonds is 9. The molecule has 51 heavy (non-hydrogen) atoms. The van der Waals surface area contributed by atoms with E-state index in [9.17, 15) is 9.90 Å². The van der Waals surface area contributed by atoms with Gasteiger partial charge in [0.2, 0.25) is 0 Å². The first kappa shape index (κ1) is 34.6. The number of carbonyl (C=O) groups excluding carboxylic acids is 1. The van der Waals surface area contributed by atoms with Gasteiger partial charge < -0.3 is 19.3 Å². The number of aromatic nitrogens is 4. The Morgan fingerprint density at radius 1 is 1.02 bits per heavy atom. The van der Waals surface area contributed by atoms with Crippen LogP contribution in [0.25, 0.3) is 32.9 Å². The van der Waals surface area contributed by atoms with E-state index in [0.717, 1.165) is 60.9 Å². The number of carboxylic acids is 1. The molecule has 4 heterocycles. The van der Waals surface area contributed by atoms with Gasteiger partial charge in [-0.1, -0.05) is 36.2 Å². The average Bonchev–Trinajstić information content (AvgIpc) is 3.55. The van der Waals surface area contributed by atoms with Gasteiger partial charge in [-0.05, 0) is 106 Å². The molecule has 1 N–H and O–H groups in total. The molecule has 9 nitrogen and oxygen atoms in total. The fourth-order valence-electron chi connectivity index (χ4n) is 7.70. The summed E-state index contributed by atoms with van der Waals surface area (Å²) >= 11 is 13.5. The number of anilines is 1. The number of halogens is 2. The van der Waals surface area contributed by atoms with E-state index in [0.29, 0.717) is 59.7 Å². The number of amides is 1. The van der Waals surface area contributed by atoms with E-state index in [-0.39, 0.29) is 17.5 Å². The Morgan fingerprint density at radius 3 is 2.43 bits per heavy atom. The lowest BCUT2D eigenvalue weighted by molar-refractivity contribution is 0.0698. The zero-order chi connectivity index (χ0) is 36.3. The summed E-state index contributed by atoms with van der Waals surface area (Å²) in [5.74, 6) is -0.464. The molecule has 0 unspecified atom stereocenters. The molecule has 7 rings (SSSR count). The number of hydrogen-bond acceptors (Lipinski definition) is 5. The third kappa shape index (κ3) is 5.72. The van der Waals surface area contributed by atoms with Crippen LogP contribution in [-0.2, 0) is 20.0 Å². The molecule has 1 aliphatic heterocycles. The van der Waals surface area contributed by atoms with Gasteiger partial charge in [-0.3, -0.25) is 14.5 Å². The summed E-state index contributed by atoms with van der Waals surface area (Å²) in [6.45, 7) is 11.0. The van der Waals surface area contributed by atoms with Crippen LogP contribution in [0.5, 0.6) is 5.75 Å². The Hall–Kier alpha value is -4.86. The molecule has 0 aliphatic carbocycles. The number of carboxylic acid groups (broad SMARTS) is 1. The molecule has 11 heteroatoms. The fraction of sp³-hybridized carbons (Fsp3) is 0.300. The average molecular weight is 725 g/mol. The molecular formula is C40H39Cl2N5O4. The summed E-state index contributed by atoms with van der Waals surface area (Å²) in [5.41, 5.74) is 9.08. The van der Waals surface area contributed by atoms with Crippen molar-refractivity contribution < 1.29 is 19.4 Å². The molecule has 0 fully saturated rings. The van der Waals surface area contributed by atoms with Crippen molar-refractivity contribution in [2.75, 3.05) is 11.5 Å². The second-order valence-electron chi connectivity index (χ2n) is 13.3. The van der Waals surface area contributed by atoms with E-state index in [1.165, 1.54) is 0 Å². The highest BCUT2D eigenvalue weighted by molar-refractivity contribution is 6.35. The molecular weight excluding hydrogens is 685 g/mol. The zero-order valence-electron chi connectivity index (χ0n) is 29.5. The molecule has 0 saturated heterocycles. The van der Waals surface area contributed by atoms with E-state index >= 15 is 4.79 Å². The van der Waals surface area contributed by atoms with Crippen LogP contribution in [-0.4, -0.2) is 49.0 Å². The van der Waals surface area contributed by atoms with Gasteiger partial charge in [-0.2, -0.15) is 5.10 Å². The number of nitrogens with zero attached hydrogens (tertiary/aromatic N) is 5. The van der Waals surface area contributed by atoms with Gasteiger partial charge in [0.05, 0.1) is 45.6 Å². The minimum absolute atomic E-state index is 0.0919. The van der Waals surface area contributed by atoms with Gasteiger partial charge in [0, 0.05) is 52.4 Å². The van der Waals surface area contributed by atoms with Gasteiger partial charge in [0.1, 0.15) is 11.4 Å². The predicted molar refractivity (Wildman–Crippen MR) is 203 cm³/mol. The monoisotopic (exact) mass is 723 g/mol. The van der Waals surface area contributed by atoms with Crippen molar-refractivity contribution in [3.63, 3.8) is 0 Å². The molecule has 1 amide bonds. The number of pyridine rings is 1. The summed E-state index contributed by atoms with van der Waals surface area (Å²) in [6.07, 6.45) is 3.47. The minimum atomic E-state index is -1.07. The lowest BCUT2D eigenvalue weighted by Gasteiger charge is -2.37. The topological polar surface area (TPSA) is 102 Å². The Balaban J connectivity index is 1.39. The van der Waals surface area contributed by atoms with Crippen molar-refractivity contribution in [3.8, 4) is 16.9 Å². The number of benzene rings is 3. The molecule has 0 spiro atoms. The SMILES string of the molecule is CC[C@@H]1Cn2c(c(CCCOc3cc(C)c(Cl)c(C)c3)c3ccc(Cl)c(-c4c(C)nn(C)c4C)c32)C(=O)N1c1ccc(C(=O)O)c2ncccc12. The molecule has 6 aromatic rings. The van der Waals surface area contributed by atoms with Crippen molar-refractivity contribution in [3.05, 3.63) is 104 Å². The maximum atomic E-state index is 15.1. The highest BCUT2D eigenvalue weighted by Crippen LogP contribution is 2.45. The molecule has 0 bridgehead atoms. The molecule has 3 aromatic carbocycles. The lowest BCUT2D eigenvalue weighted by atomic mass is 9.98. The number of fused-ring (bicyclic) bond motifs is 4. The van der Waals surface area contributed by atoms with Gasteiger partial charge >= 0.3 is 5.97 Å². The lowest BCUT2D eigenvalue weighted by Crippen LogP contribution is -2.48. The highest BCUT2D eigenvalue weighted by Gasteiger charge is 2.39. The maximum absolute atomic E-state index is 15.1. The van der Waals surface area contributed by atoms with Crippen LogP contribution in [0.4, 0.5) is 5.69 Å². The number of hydrogen-bond donors (Lipinski definition) is 1. The normalized spacial score (nSPS) is 14.5. The van der Waals surface area contributed by atoms with Crippen molar-refractivity contribution in [2.24, 2.45) is 7.05 Å². The Morgan fingerprint density at radius 2 is 1.76 bits per heavy atom. The smallest absolute Gasteiger partial charge is 0.337 e. The molecule has 1 aliphatic rings. The van der Waals surface area contributed by atoms with Crippen molar-refractivity contribution >= 4 is 62.6 Å². The van der Waals surface area contributed by atoms with Gasteiger partial charge in [0.25, 0.3) is 5.91 Å². The van der Waals surface area contributed by atoms with E-state index in [2.05, 4.69) is 16.5 Å². The van der Waals surface area contributed by atoms with Crippen LogP contribution in [0.3, 0.4) is 0 Å². The summed E-state index contributed by atoms with van der Waals surface area (Å²) in [5, 5.41) is 17.5. The predicted octanol–water partition coefficient (Wildman–Crippen LogP) is 9.28. The standard InChI is InChI=1S/C40H39Cl2N5O4/c1-7-25-20-46-37-28(12-14-31(41)34(37)33-23(4)44-45(6)24(33)5)27(11-9-17-51-26-18-21(2)35(42)22(3)19-26)38(46)39(48)47(25)32-15-13-30(40(49)50)36-29(32)10-8-16-43-36/h8,10,12-16,18-19,25H,7,9,11,17,20H2,1-6H3,(H,49,50)/t25-/m1/s1. The summed E-state index contributed by atoms with van der Waals surface area (Å²) in [4.78, 5) is 33.5. The number of aromatic carboxylic acids is 1. The Bertz CT molecular complexity index is 2370. The van der Waals surface area contributed by atoms with Crippen molar-refractivity contribution in [1.29, 1.82) is 0 Å². The fourth-order valence-corrected chi connectivity index (χ4v) is 8.06. The third-order valence-corrected chi connectivity index (χ3v) is 11.1. The van der Waals surface area contributed by atoms with E-state index in [1.54, 1.807) is 24.4 Å². The van der Waals surface area contributed by atoms with Crippen LogP contribution in [0.15, 0.2) is 54.7 Å². The van der Waals surface area contributed by atoms with E-state index < -0.39 is 5.97 Å². The van der Waals surface area contributed by atoms with Crippen LogP contribution < -0.4 is 9.64 Å². The minimum Gasteiger partial charge on any atom is -0.494 e. The van der Waals surface area contributed by atoms with Gasteiger partial charge in [-0.25, -0.2) is 4.79 Å². The first-order valence-corrected chi connectivity index (χ1v) is 17.9. The maximum Gasteiger partial charge on any atom is 0.337 e. The van der Waals surface area contributed by atoms with E-state index in [1.807, 2.05) is 74.7 Å². The summed E-state index contributed by atoms with van der Waals surface area (Å²) < 4.78 is 10.2. The zero-order valence-corrected chi connectivity index (χ0v) is 31.0. The summed E-state index contributed by atoms with van der Waals surface area (Å²) in [6, 6.07) is 14.5. The van der Waals surface area contributed by atoms with Gasteiger partial charge in [0.15, 0.2) is 0 Å². The van der Waals surface area contributed by atoms with Crippen LogP contribution in [0.1, 0.15) is 68.7 Å². The molecule has 1 atom stereocenters. The molecule has 0 saturated carbocycles. The number of aryl methyl sites for hydroxylation is 5. The van der Waals surface area contributed by atoms with Crippen LogP contribution >= 0.6 is 23.2 Å². The first-order valence-electron chi connectivity index (χ1n) is 17.1. The highest BCUT2D eigenvalue weighted by atomic mass is 35.5. The molecule has 262 valence electrons. The van der Waals surface area contributed by atoms with Crippen LogP contribution in [0.2, 0.25) is 10.0 Å². The number of carbonyl (C=O) groups is 2. The second kappa shape index (κ2) is 13.4. The van der Waals surface area contributed by atoms with Gasteiger partial charge in [-0.15, -0.1) is 0 Å². The van der Waals surface area contributed by atoms with Crippen molar-refractivity contribution in [1.82, 2.24) is 19.3 Å². The van der Waals surface area contributed by atoms with Crippen LogP contribution in [0, 0.1) is 27.7 Å². The Labute approximate surface area is 306 Å². The van der Waals surface area contributed by atoms with Crippen molar-refractivity contribution in [2.45, 2.75) is 66.5 Å². The third-order valence-electron chi connectivity index (χ3n) is 10.2. The van der Waals surface area contributed by atoms with E-state index in [4.69, 9.17) is 33.0 Å². The Kier molecular flexibility index (Phi) is 9.06. The second-order valence-corrected chi connectivity index (χ2v) is 14.1. The quantitative estimate of drug-likeness (QED) is 0.149. The first-order chi connectivity index (χ1) is 24.4. The largest absolute Gasteiger partial charge is 0.494 e. The summed E-state index contributed by atoms with van der Waals surface area (Å²) in [7, 11) is 1.92. The molecule has 3 aromatic heterocycles. The molecule has 0 radical (unpaired) electrons. The number of ether oxygens (including phenoxy) is 1.